The molecule has 0 spiro atoms. The van der Waals surface area contributed by atoms with Gasteiger partial charge in [-0.15, -0.1) is 0 Å². The standard InChI is InChI=1S/C17H29N5O8/c1-3-8(2)14(19)16(28)22-9(4-5-11(18)23)15(27)20-7-12(24)21-10(17(29)30)6-13(25)26/h8-10,14H,3-7,19H2,1-2H3,(H2,18,23)(H,20,27)(H,21,24)(H,22,28)(H,25,26)(H,29,30). The Morgan fingerprint density at radius 2 is 1.57 bits per heavy atom. The fraction of sp³-hybridized carbons (Fsp3) is 0.647. The zero-order valence-corrected chi connectivity index (χ0v) is 16.8. The van der Waals surface area contributed by atoms with Crippen molar-refractivity contribution in [1.82, 2.24) is 16.0 Å². The summed E-state index contributed by atoms with van der Waals surface area (Å²) in [4.78, 5) is 69.0. The Hall–Kier alpha value is -3.22. The summed E-state index contributed by atoms with van der Waals surface area (Å²) >= 11 is 0. The maximum absolute atomic E-state index is 12.3. The van der Waals surface area contributed by atoms with Crippen LogP contribution in [0.15, 0.2) is 0 Å². The van der Waals surface area contributed by atoms with E-state index in [1.54, 1.807) is 6.92 Å². The number of nitrogens with two attached hydrogens (primary N) is 2. The predicted molar refractivity (Wildman–Crippen MR) is 103 cm³/mol. The number of carbonyl (C=O) groups excluding carboxylic acids is 4. The summed E-state index contributed by atoms with van der Waals surface area (Å²) in [5.74, 6) is -6.25. The van der Waals surface area contributed by atoms with E-state index in [1.165, 1.54) is 0 Å². The number of carboxylic acid groups (broad SMARTS) is 2. The maximum atomic E-state index is 12.3. The Morgan fingerprint density at radius 1 is 0.967 bits per heavy atom. The van der Waals surface area contributed by atoms with Crippen LogP contribution >= 0.6 is 0 Å². The highest BCUT2D eigenvalue weighted by Crippen LogP contribution is 2.06. The van der Waals surface area contributed by atoms with E-state index in [0.29, 0.717) is 6.42 Å². The van der Waals surface area contributed by atoms with Gasteiger partial charge >= 0.3 is 11.9 Å². The number of carbonyl (C=O) groups is 6. The third-order valence-corrected chi connectivity index (χ3v) is 4.31. The van der Waals surface area contributed by atoms with Crippen LogP contribution in [0.2, 0.25) is 0 Å². The maximum Gasteiger partial charge on any atom is 0.326 e. The van der Waals surface area contributed by atoms with Crippen molar-refractivity contribution in [3.8, 4) is 0 Å². The molecule has 4 atom stereocenters. The van der Waals surface area contributed by atoms with Gasteiger partial charge in [0.05, 0.1) is 19.0 Å². The molecule has 0 fully saturated rings. The first kappa shape index (κ1) is 26.8. The van der Waals surface area contributed by atoms with Gasteiger partial charge in [-0.3, -0.25) is 24.0 Å². The van der Waals surface area contributed by atoms with Crippen molar-refractivity contribution < 1.29 is 39.0 Å². The minimum absolute atomic E-state index is 0.140. The number of aliphatic carboxylic acids is 2. The second-order valence-electron chi connectivity index (χ2n) is 6.75. The molecule has 9 N–H and O–H groups in total. The lowest BCUT2D eigenvalue weighted by molar-refractivity contribution is -0.147. The molecular weight excluding hydrogens is 402 g/mol. The lowest BCUT2D eigenvalue weighted by Gasteiger charge is -2.23. The molecule has 0 saturated carbocycles. The highest BCUT2D eigenvalue weighted by Gasteiger charge is 2.27. The summed E-state index contributed by atoms with van der Waals surface area (Å²) in [6, 6.07) is -3.78. The Bertz CT molecular complexity index is 669. The van der Waals surface area contributed by atoms with E-state index in [9.17, 15) is 28.8 Å². The van der Waals surface area contributed by atoms with Crippen molar-refractivity contribution in [3.63, 3.8) is 0 Å². The van der Waals surface area contributed by atoms with Crippen molar-refractivity contribution in [1.29, 1.82) is 0 Å². The molecule has 0 saturated heterocycles. The first-order chi connectivity index (χ1) is 13.9. The fourth-order valence-corrected chi connectivity index (χ4v) is 2.25. The molecule has 0 aliphatic rings. The summed E-state index contributed by atoms with van der Waals surface area (Å²) in [5.41, 5.74) is 10.9. The van der Waals surface area contributed by atoms with Crippen LogP contribution in [0.4, 0.5) is 0 Å². The van der Waals surface area contributed by atoms with E-state index in [-0.39, 0.29) is 18.8 Å². The van der Waals surface area contributed by atoms with Crippen LogP contribution in [-0.4, -0.2) is 70.5 Å². The van der Waals surface area contributed by atoms with Crippen LogP contribution < -0.4 is 27.4 Å². The molecule has 0 aliphatic carbocycles. The molecule has 0 aromatic heterocycles. The van der Waals surface area contributed by atoms with Crippen LogP contribution in [-0.2, 0) is 28.8 Å². The molecular formula is C17H29N5O8. The van der Waals surface area contributed by atoms with Crippen LogP contribution in [0.3, 0.4) is 0 Å². The van der Waals surface area contributed by atoms with Gasteiger partial charge in [0.1, 0.15) is 12.1 Å². The van der Waals surface area contributed by atoms with Gasteiger partial charge in [0.2, 0.25) is 23.6 Å². The normalized spacial score (nSPS) is 14.5. The number of nitrogens with one attached hydrogen (secondary N) is 3. The fourth-order valence-electron chi connectivity index (χ4n) is 2.25. The average molecular weight is 431 g/mol. The van der Waals surface area contributed by atoms with Gasteiger partial charge in [0.25, 0.3) is 0 Å². The van der Waals surface area contributed by atoms with Gasteiger partial charge in [-0.1, -0.05) is 20.3 Å². The van der Waals surface area contributed by atoms with Crippen LogP contribution in [0, 0.1) is 5.92 Å². The molecule has 4 amide bonds. The monoisotopic (exact) mass is 431 g/mol. The van der Waals surface area contributed by atoms with Gasteiger partial charge in [0, 0.05) is 6.42 Å². The molecule has 30 heavy (non-hydrogen) atoms. The van der Waals surface area contributed by atoms with Gasteiger partial charge in [-0.05, 0) is 12.3 Å². The van der Waals surface area contributed by atoms with Gasteiger partial charge < -0.3 is 37.6 Å². The lowest BCUT2D eigenvalue weighted by Crippen LogP contribution is -2.54. The first-order valence-electron chi connectivity index (χ1n) is 9.24. The van der Waals surface area contributed by atoms with Crippen molar-refractivity contribution >= 4 is 35.6 Å². The highest BCUT2D eigenvalue weighted by molar-refractivity contribution is 5.93. The largest absolute Gasteiger partial charge is 0.481 e. The summed E-state index contributed by atoms with van der Waals surface area (Å²) in [7, 11) is 0. The Morgan fingerprint density at radius 3 is 2.03 bits per heavy atom. The molecule has 13 nitrogen and oxygen atoms in total. The molecule has 0 rings (SSSR count). The first-order valence-corrected chi connectivity index (χ1v) is 9.24. The Labute approximate surface area is 172 Å². The zero-order chi connectivity index (χ0) is 23.4. The number of hydrogen-bond acceptors (Lipinski definition) is 7. The predicted octanol–water partition coefficient (Wildman–Crippen LogP) is -2.73. The second kappa shape index (κ2) is 13.1. The van der Waals surface area contributed by atoms with Crippen molar-refractivity contribution in [3.05, 3.63) is 0 Å². The quantitative estimate of drug-likeness (QED) is 0.151. The van der Waals surface area contributed by atoms with E-state index in [4.69, 9.17) is 21.7 Å². The Kier molecular flexibility index (Phi) is 11.7. The average Bonchev–Trinajstić information content (AvgIpc) is 2.66. The van der Waals surface area contributed by atoms with Crippen LogP contribution in [0.5, 0.6) is 0 Å². The number of amides is 4. The molecule has 0 aromatic rings. The molecule has 0 aliphatic heterocycles. The van der Waals surface area contributed by atoms with Crippen molar-refractivity contribution in [2.45, 2.75) is 57.7 Å². The van der Waals surface area contributed by atoms with E-state index in [2.05, 4.69) is 10.6 Å². The third kappa shape index (κ3) is 10.4. The van der Waals surface area contributed by atoms with E-state index < -0.39 is 66.7 Å². The second-order valence-corrected chi connectivity index (χ2v) is 6.75. The zero-order valence-electron chi connectivity index (χ0n) is 16.8. The SMILES string of the molecule is CCC(C)C(N)C(=O)NC(CCC(N)=O)C(=O)NCC(=O)NC(CC(=O)O)C(=O)O. The number of rotatable bonds is 14. The van der Waals surface area contributed by atoms with Crippen LogP contribution in [0.25, 0.3) is 0 Å². The summed E-state index contributed by atoms with van der Waals surface area (Å²) in [6.07, 6.45) is -0.588. The molecule has 0 bridgehead atoms. The molecule has 0 heterocycles. The van der Waals surface area contributed by atoms with E-state index in [0.717, 1.165) is 0 Å². The van der Waals surface area contributed by atoms with Gasteiger partial charge in [-0.25, -0.2) is 4.79 Å². The number of hydrogen-bond donors (Lipinski definition) is 7. The molecule has 4 unspecified atom stereocenters. The highest BCUT2D eigenvalue weighted by atomic mass is 16.4. The molecule has 0 radical (unpaired) electrons. The lowest BCUT2D eigenvalue weighted by atomic mass is 9.98. The molecule has 0 aromatic carbocycles. The van der Waals surface area contributed by atoms with Crippen LogP contribution in [0.1, 0.15) is 39.5 Å². The van der Waals surface area contributed by atoms with E-state index in [1.807, 2.05) is 12.2 Å². The van der Waals surface area contributed by atoms with Gasteiger partial charge in [0.15, 0.2) is 0 Å². The smallest absolute Gasteiger partial charge is 0.326 e. The Balaban J connectivity index is 4.96. The number of primary amides is 1. The van der Waals surface area contributed by atoms with Gasteiger partial charge in [-0.2, -0.15) is 0 Å². The third-order valence-electron chi connectivity index (χ3n) is 4.31. The minimum atomic E-state index is -1.68. The topological polar surface area (TPSA) is 231 Å². The number of carboxylic acids is 2. The van der Waals surface area contributed by atoms with E-state index >= 15 is 0 Å². The summed E-state index contributed by atoms with van der Waals surface area (Å²) < 4.78 is 0. The summed E-state index contributed by atoms with van der Waals surface area (Å²) in [5, 5.41) is 24.1. The minimum Gasteiger partial charge on any atom is -0.481 e. The summed E-state index contributed by atoms with van der Waals surface area (Å²) in [6.45, 7) is 2.91. The van der Waals surface area contributed by atoms with Crippen molar-refractivity contribution in [2.24, 2.45) is 17.4 Å². The molecule has 13 heteroatoms. The van der Waals surface area contributed by atoms with Crippen molar-refractivity contribution in [2.75, 3.05) is 6.54 Å². The molecule has 170 valence electrons.